The number of pyridine rings is 2. The van der Waals surface area contributed by atoms with Crippen LogP contribution in [0.25, 0.3) is 11.3 Å². The van der Waals surface area contributed by atoms with Gasteiger partial charge < -0.3 is 9.68 Å². The number of fused-ring (bicyclic) bond motifs is 1. The van der Waals surface area contributed by atoms with Crippen LogP contribution in [0.15, 0.2) is 58.8 Å². The SMILES string of the molecule is CON=C(C)c1cccc(CCCON=C2CC(C)Cc3c(Cl)cc(-c4ccc(Cl)cc4)nc32)n1. The summed E-state index contributed by atoms with van der Waals surface area (Å²) < 4.78 is 0. The van der Waals surface area contributed by atoms with Gasteiger partial charge in [0.25, 0.3) is 0 Å². The van der Waals surface area contributed by atoms with Gasteiger partial charge in [-0.3, -0.25) is 4.98 Å². The first-order valence-electron chi connectivity index (χ1n) is 11.6. The maximum absolute atomic E-state index is 6.68. The lowest BCUT2D eigenvalue weighted by molar-refractivity contribution is 0.140. The van der Waals surface area contributed by atoms with E-state index in [1.807, 2.05) is 55.5 Å². The number of hydrogen-bond donors (Lipinski definition) is 0. The Kier molecular flexibility index (Phi) is 8.37. The monoisotopic (exact) mass is 510 g/mol. The fourth-order valence-corrected chi connectivity index (χ4v) is 4.51. The van der Waals surface area contributed by atoms with Crippen LogP contribution in [0.4, 0.5) is 0 Å². The van der Waals surface area contributed by atoms with E-state index in [0.717, 1.165) is 71.0 Å². The van der Waals surface area contributed by atoms with E-state index >= 15 is 0 Å². The fourth-order valence-electron chi connectivity index (χ4n) is 4.12. The van der Waals surface area contributed by atoms with Gasteiger partial charge in [0.05, 0.1) is 17.1 Å². The number of aryl methyl sites for hydroxylation is 1. The molecule has 3 aromatic rings. The summed E-state index contributed by atoms with van der Waals surface area (Å²) in [6.45, 7) is 4.54. The largest absolute Gasteiger partial charge is 0.399 e. The Hall–Kier alpha value is -2.96. The van der Waals surface area contributed by atoms with Gasteiger partial charge in [-0.2, -0.15) is 0 Å². The molecule has 1 atom stereocenters. The number of aromatic nitrogens is 2. The molecule has 35 heavy (non-hydrogen) atoms. The molecule has 0 radical (unpaired) electrons. The van der Waals surface area contributed by atoms with Gasteiger partial charge in [0, 0.05) is 21.3 Å². The number of benzene rings is 1. The minimum atomic E-state index is 0.412. The molecule has 1 unspecified atom stereocenters. The van der Waals surface area contributed by atoms with Gasteiger partial charge in [-0.05, 0) is 74.4 Å². The van der Waals surface area contributed by atoms with Gasteiger partial charge in [0.15, 0.2) is 0 Å². The Bertz CT molecular complexity index is 1240. The van der Waals surface area contributed by atoms with Crippen molar-refractivity contribution in [1.29, 1.82) is 0 Å². The highest BCUT2D eigenvalue weighted by molar-refractivity contribution is 6.32. The third kappa shape index (κ3) is 6.38. The lowest BCUT2D eigenvalue weighted by atomic mass is 9.86. The normalized spacial score (nSPS) is 16.8. The highest BCUT2D eigenvalue weighted by atomic mass is 35.5. The molecule has 1 aliphatic carbocycles. The van der Waals surface area contributed by atoms with Crippen LogP contribution in [0.1, 0.15) is 49.3 Å². The van der Waals surface area contributed by atoms with E-state index in [1.165, 1.54) is 7.11 Å². The summed E-state index contributed by atoms with van der Waals surface area (Å²) >= 11 is 12.7. The van der Waals surface area contributed by atoms with Crippen molar-refractivity contribution in [2.24, 2.45) is 16.2 Å². The van der Waals surface area contributed by atoms with Crippen molar-refractivity contribution >= 4 is 34.6 Å². The highest BCUT2D eigenvalue weighted by Crippen LogP contribution is 2.33. The molecule has 1 aromatic carbocycles. The second kappa shape index (κ2) is 11.6. The molecule has 2 aromatic heterocycles. The fraction of sp³-hybridized carbons (Fsp3) is 0.333. The maximum Gasteiger partial charge on any atom is 0.117 e. The van der Waals surface area contributed by atoms with Crippen LogP contribution in [-0.2, 0) is 22.5 Å². The van der Waals surface area contributed by atoms with Gasteiger partial charge in [0.1, 0.15) is 25.1 Å². The quantitative estimate of drug-likeness (QED) is 0.190. The second-order valence-electron chi connectivity index (χ2n) is 8.68. The minimum absolute atomic E-state index is 0.412. The summed E-state index contributed by atoms with van der Waals surface area (Å²) in [5.41, 5.74) is 6.96. The zero-order valence-electron chi connectivity index (χ0n) is 20.1. The van der Waals surface area contributed by atoms with Gasteiger partial charge >= 0.3 is 0 Å². The summed E-state index contributed by atoms with van der Waals surface area (Å²) in [4.78, 5) is 20.1. The standard InChI is InChI=1S/C27H28Cl2N4O2/c1-17-14-22-23(29)16-25(19-9-11-20(28)12-10-19)31-27(22)26(15-17)33-35-13-5-7-21-6-4-8-24(30-21)18(2)32-34-3/h4,6,8-12,16-17H,5,7,13-15H2,1-3H3. The van der Waals surface area contributed by atoms with Crippen molar-refractivity contribution in [1.82, 2.24) is 9.97 Å². The van der Waals surface area contributed by atoms with Gasteiger partial charge in [-0.1, -0.05) is 58.6 Å². The van der Waals surface area contributed by atoms with Crippen LogP contribution < -0.4 is 0 Å². The molecule has 1 aliphatic rings. The van der Waals surface area contributed by atoms with Gasteiger partial charge in [-0.15, -0.1) is 0 Å². The van der Waals surface area contributed by atoms with Crippen LogP contribution in [0.3, 0.4) is 0 Å². The Morgan fingerprint density at radius 3 is 2.66 bits per heavy atom. The number of hydrogen-bond acceptors (Lipinski definition) is 6. The Morgan fingerprint density at radius 1 is 1.09 bits per heavy atom. The Balaban J connectivity index is 1.45. The summed E-state index contributed by atoms with van der Waals surface area (Å²) in [6.07, 6.45) is 3.23. The molecule has 0 amide bonds. The van der Waals surface area contributed by atoms with Crippen LogP contribution in [0, 0.1) is 5.92 Å². The molecule has 0 fully saturated rings. The first-order chi connectivity index (χ1) is 16.9. The Morgan fingerprint density at radius 2 is 1.89 bits per heavy atom. The molecule has 2 heterocycles. The van der Waals surface area contributed by atoms with Crippen LogP contribution in [0.5, 0.6) is 0 Å². The van der Waals surface area contributed by atoms with Crippen molar-refractivity contribution in [3.05, 3.63) is 81.2 Å². The summed E-state index contributed by atoms with van der Waals surface area (Å²) in [5, 5.41) is 9.82. The zero-order valence-corrected chi connectivity index (χ0v) is 21.6. The Labute approximate surface area is 216 Å². The molecule has 0 bridgehead atoms. The molecule has 0 aliphatic heterocycles. The highest BCUT2D eigenvalue weighted by Gasteiger charge is 2.26. The maximum atomic E-state index is 6.68. The number of nitrogens with zero attached hydrogens (tertiary/aromatic N) is 4. The summed E-state index contributed by atoms with van der Waals surface area (Å²) in [7, 11) is 1.53. The van der Waals surface area contributed by atoms with Crippen LogP contribution in [-0.4, -0.2) is 35.1 Å². The average molecular weight is 511 g/mol. The lowest BCUT2D eigenvalue weighted by Gasteiger charge is -2.23. The van der Waals surface area contributed by atoms with Crippen molar-refractivity contribution in [2.45, 2.75) is 39.5 Å². The van der Waals surface area contributed by atoms with E-state index < -0.39 is 0 Å². The molecule has 4 rings (SSSR count). The van der Waals surface area contributed by atoms with Crippen molar-refractivity contribution < 1.29 is 9.68 Å². The van der Waals surface area contributed by atoms with Crippen LogP contribution in [0.2, 0.25) is 10.0 Å². The van der Waals surface area contributed by atoms with Gasteiger partial charge in [0.2, 0.25) is 0 Å². The van der Waals surface area contributed by atoms with E-state index in [-0.39, 0.29) is 0 Å². The predicted molar refractivity (Wildman–Crippen MR) is 141 cm³/mol. The molecule has 0 saturated heterocycles. The minimum Gasteiger partial charge on any atom is -0.399 e. The average Bonchev–Trinajstić information content (AvgIpc) is 2.85. The summed E-state index contributed by atoms with van der Waals surface area (Å²) in [5.74, 6) is 0.412. The molecule has 0 N–H and O–H groups in total. The van der Waals surface area contributed by atoms with Gasteiger partial charge in [-0.25, -0.2) is 4.98 Å². The zero-order chi connectivity index (χ0) is 24.8. The smallest absolute Gasteiger partial charge is 0.117 e. The molecule has 8 heteroatoms. The molecular weight excluding hydrogens is 483 g/mol. The lowest BCUT2D eigenvalue weighted by Crippen LogP contribution is -2.21. The van der Waals surface area contributed by atoms with E-state index in [9.17, 15) is 0 Å². The summed E-state index contributed by atoms with van der Waals surface area (Å²) in [6, 6.07) is 15.4. The first-order valence-corrected chi connectivity index (χ1v) is 12.4. The molecule has 6 nitrogen and oxygen atoms in total. The number of halogens is 2. The third-order valence-corrected chi connectivity index (χ3v) is 6.42. The van der Waals surface area contributed by atoms with Crippen molar-refractivity contribution in [3.8, 4) is 11.3 Å². The van der Waals surface area contributed by atoms with Crippen molar-refractivity contribution in [3.63, 3.8) is 0 Å². The number of rotatable bonds is 8. The molecule has 0 spiro atoms. The first kappa shape index (κ1) is 25.1. The van der Waals surface area contributed by atoms with E-state index in [0.29, 0.717) is 22.6 Å². The van der Waals surface area contributed by atoms with Crippen molar-refractivity contribution in [2.75, 3.05) is 13.7 Å². The van der Waals surface area contributed by atoms with Crippen LogP contribution >= 0.6 is 23.2 Å². The predicted octanol–water partition coefficient (Wildman–Crippen LogP) is 6.76. The number of oxime groups is 2. The molecule has 0 saturated carbocycles. The van der Waals surface area contributed by atoms with E-state index in [1.54, 1.807) is 0 Å². The molecular formula is C27H28Cl2N4O2. The molecule has 182 valence electrons. The topological polar surface area (TPSA) is 69.0 Å². The second-order valence-corrected chi connectivity index (χ2v) is 9.53. The third-order valence-electron chi connectivity index (χ3n) is 5.83. The van der Waals surface area contributed by atoms with E-state index in [2.05, 4.69) is 22.2 Å². The van der Waals surface area contributed by atoms with E-state index in [4.69, 9.17) is 37.9 Å².